The van der Waals surface area contributed by atoms with Gasteiger partial charge in [0.15, 0.2) is 0 Å². The molecule has 0 rings (SSSR count). The minimum absolute atomic E-state index is 0.106. The zero-order valence-electron chi connectivity index (χ0n) is 11.7. The molecule has 0 aromatic carbocycles. The van der Waals surface area contributed by atoms with Crippen molar-refractivity contribution in [2.24, 2.45) is 0 Å². The lowest BCUT2D eigenvalue weighted by Crippen LogP contribution is -2.33. The summed E-state index contributed by atoms with van der Waals surface area (Å²) in [6.07, 6.45) is 2.73. The van der Waals surface area contributed by atoms with Crippen molar-refractivity contribution in [3.8, 4) is 0 Å². The Kier molecular flexibility index (Phi) is 6.65. The van der Waals surface area contributed by atoms with E-state index >= 15 is 0 Å². The van der Waals surface area contributed by atoms with Crippen molar-refractivity contribution in [2.45, 2.75) is 65.5 Å². The van der Waals surface area contributed by atoms with Crippen molar-refractivity contribution in [1.82, 2.24) is 4.90 Å². The molecule has 96 valence electrons. The molecule has 0 aromatic rings. The molecule has 0 fully saturated rings. The van der Waals surface area contributed by atoms with Crippen molar-refractivity contribution in [1.29, 1.82) is 0 Å². The Hall–Kier alpha value is -0.570. The highest BCUT2D eigenvalue weighted by atomic mass is 16.6. The van der Waals surface area contributed by atoms with Crippen LogP contribution in [0.4, 0.5) is 0 Å². The van der Waals surface area contributed by atoms with E-state index in [9.17, 15) is 4.79 Å². The minimum atomic E-state index is -0.370. The van der Waals surface area contributed by atoms with Crippen LogP contribution in [0.3, 0.4) is 0 Å². The van der Waals surface area contributed by atoms with Gasteiger partial charge in [0.25, 0.3) is 0 Å². The summed E-state index contributed by atoms with van der Waals surface area (Å²) in [5.41, 5.74) is -0.370. The fraction of sp³-hybridized carbons (Fsp3) is 0.923. The molecule has 0 spiro atoms. The summed E-state index contributed by atoms with van der Waals surface area (Å²) in [6.45, 7) is 10.8. The first-order valence-electron chi connectivity index (χ1n) is 6.22. The predicted octanol–water partition coefficient (Wildman–Crippen LogP) is 2.84. The van der Waals surface area contributed by atoms with Crippen LogP contribution in [0.15, 0.2) is 0 Å². The van der Waals surface area contributed by atoms with Crippen molar-refractivity contribution in [3.05, 3.63) is 0 Å². The molecular formula is C13H27NO2. The monoisotopic (exact) mass is 229 g/mol. The molecule has 16 heavy (non-hydrogen) atoms. The third kappa shape index (κ3) is 6.83. The standard InChI is InChI=1S/C13H27NO2/c1-7-11(8-2)14(6)10-9-12(15)16-13(3,4)5/h11H,7-10H2,1-6H3. The van der Waals surface area contributed by atoms with Gasteiger partial charge >= 0.3 is 5.97 Å². The highest BCUT2D eigenvalue weighted by Crippen LogP contribution is 2.10. The van der Waals surface area contributed by atoms with E-state index in [4.69, 9.17) is 4.74 Å². The van der Waals surface area contributed by atoms with Gasteiger partial charge in [0.1, 0.15) is 5.60 Å². The smallest absolute Gasteiger partial charge is 0.307 e. The number of hydrogen-bond acceptors (Lipinski definition) is 3. The fourth-order valence-corrected chi connectivity index (χ4v) is 1.75. The van der Waals surface area contributed by atoms with E-state index < -0.39 is 0 Å². The fourth-order valence-electron chi connectivity index (χ4n) is 1.75. The van der Waals surface area contributed by atoms with E-state index in [-0.39, 0.29) is 11.6 Å². The summed E-state index contributed by atoms with van der Waals surface area (Å²) in [5, 5.41) is 0. The zero-order valence-corrected chi connectivity index (χ0v) is 11.7. The number of nitrogens with zero attached hydrogens (tertiary/aromatic N) is 1. The Labute approximate surface area is 100 Å². The third-order valence-corrected chi connectivity index (χ3v) is 2.65. The van der Waals surface area contributed by atoms with Crippen LogP contribution in [-0.2, 0) is 9.53 Å². The summed E-state index contributed by atoms with van der Waals surface area (Å²) < 4.78 is 5.27. The van der Waals surface area contributed by atoms with Gasteiger partial charge in [-0.1, -0.05) is 13.8 Å². The largest absolute Gasteiger partial charge is 0.460 e. The Bertz CT molecular complexity index is 204. The van der Waals surface area contributed by atoms with Crippen LogP contribution in [0.5, 0.6) is 0 Å². The van der Waals surface area contributed by atoms with E-state index in [0.717, 1.165) is 19.4 Å². The molecule has 0 N–H and O–H groups in total. The summed E-state index contributed by atoms with van der Waals surface area (Å²) >= 11 is 0. The number of ether oxygens (including phenoxy) is 1. The molecule has 0 bridgehead atoms. The van der Waals surface area contributed by atoms with E-state index in [1.807, 2.05) is 20.8 Å². The van der Waals surface area contributed by atoms with E-state index in [0.29, 0.717) is 12.5 Å². The first-order valence-corrected chi connectivity index (χ1v) is 6.22. The second kappa shape index (κ2) is 6.89. The molecule has 0 atom stereocenters. The molecule has 0 aliphatic heterocycles. The normalized spacial score (nSPS) is 12.2. The number of carbonyl (C=O) groups is 1. The van der Waals surface area contributed by atoms with Gasteiger partial charge in [-0.15, -0.1) is 0 Å². The molecule has 0 aromatic heterocycles. The molecule has 3 nitrogen and oxygen atoms in total. The van der Waals surface area contributed by atoms with Crippen LogP contribution in [0.2, 0.25) is 0 Å². The van der Waals surface area contributed by atoms with Crippen molar-refractivity contribution >= 4 is 5.97 Å². The predicted molar refractivity (Wildman–Crippen MR) is 67.5 cm³/mol. The van der Waals surface area contributed by atoms with E-state index in [1.54, 1.807) is 0 Å². The van der Waals surface area contributed by atoms with Crippen LogP contribution < -0.4 is 0 Å². The topological polar surface area (TPSA) is 29.5 Å². The molecule has 0 amide bonds. The highest BCUT2D eigenvalue weighted by molar-refractivity contribution is 5.70. The number of carbonyl (C=O) groups excluding carboxylic acids is 1. The molecular weight excluding hydrogens is 202 g/mol. The molecule has 0 radical (unpaired) electrons. The zero-order chi connectivity index (χ0) is 12.8. The highest BCUT2D eigenvalue weighted by Gasteiger charge is 2.17. The Balaban J connectivity index is 3.92. The average Bonchev–Trinajstić information content (AvgIpc) is 2.14. The van der Waals surface area contributed by atoms with Crippen LogP contribution >= 0.6 is 0 Å². The maximum Gasteiger partial charge on any atom is 0.307 e. The van der Waals surface area contributed by atoms with Gasteiger partial charge in [-0.3, -0.25) is 4.79 Å². The van der Waals surface area contributed by atoms with Gasteiger partial charge in [0, 0.05) is 12.6 Å². The van der Waals surface area contributed by atoms with E-state index in [2.05, 4.69) is 25.8 Å². The summed E-state index contributed by atoms with van der Waals surface area (Å²) in [7, 11) is 2.07. The van der Waals surface area contributed by atoms with E-state index in [1.165, 1.54) is 0 Å². The summed E-state index contributed by atoms with van der Waals surface area (Å²) in [4.78, 5) is 13.8. The summed E-state index contributed by atoms with van der Waals surface area (Å²) in [6, 6.07) is 0.572. The molecule has 0 heterocycles. The lowest BCUT2D eigenvalue weighted by atomic mass is 10.1. The van der Waals surface area contributed by atoms with Gasteiger partial charge in [-0.2, -0.15) is 0 Å². The van der Waals surface area contributed by atoms with Crippen LogP contribution in [0.25, 0.3) is 0 Å². The molecule has 0 aliphatic carbocycles. The van der Waals surface area contributed by atoms with Gasteiger partial charge in [0.2, 0.25) is 0 Å². The lowest BCUT2D eigenvalue weighted by molar-refractivity contribution is -0.155. The quantitative estimate of drug-likeness (QED) is 0.656. The maximum atomic E-state index is 11.5. The van der Waals surface area contributed by atoms with Gasteiger partial charge in [-0.05, 0) is 40.7 Å². The maximum absolute atomic E-state index is 11.5. The SMILES string of the molecule is CCC(CC)N(C)CCC(=O)OC(C)(C)C. The van der Waals surface area contributed by atoms with Crippen LogP contribution in [0, 0.1) is 0 Å². The Morgan fingerprint density at radius 2 is 1.75 bits per heavy atom. The Morgan fingerprint density at radius 3 is 2.12 bits per heavy atom. The first-order chi connectivity index (χ1) is 7.30. The van der Waals surface area contributed by atoms with Crippen LogP contribution in [-0.4, -0.2) is 36.1 Å². The van der Waals surface area contributed by atoms with Crippen LogP contribution in [0.1, 0.15) is 53.9 Å². The molecule has 3 heteroatoms. The van der Waals surface area contributed by atoms with Gasteiger partial charge in [-0.25, -0.2) is 0 Å². The molecule has 0 unspecified atom stereocenters. The third-order valence-electron chi connectivity index (χ3n) is 2.65. The molecule has 0 aliphatic rings. The number of hydrogen-bond donors (Lipinski definition) is 0. The lowest BCUT2D eigenvalue weighted by Gasteiger charge is -2.26. The van der Waals surface area contributed by atoms with Gasteiger partial charge < -0.3 is 9.64 Å². The van der Waals surface area contributed by atoms with Gasteiger partial charge in [0.05, 0.1) is 6.42 Å². The van der Waals surface area contributed by atoms with Crippen molar-refractivity contribution in [3.63, 3.8) is 0 Å². The number of esters is 1. The second-order valence-corrected chi connectivity index (χ2v) is 5.29. The van der Waals surface area contributed by atoms with Crippen molar-refractivity contribution < 1.29 is 9.53 Å². The Morgan fingerprint density at radius 1 is 1.25 bits per heavy atom. The second-order valence-electron chi connectivity index (χ2n) is 5.29. The average molecular weight is 229 g/mol. The summed E-state index contributed by atoms with van der Waals surface area (Å²) in [5.74, 6) is -0.106. The van der Waals surface area contributed by atoms with Crippen molar-refractivity contribution in [2.75, 3.05) is 13.6 Å². The molecule has 0 saturated carbocycles. The number of rotatable bonds is 6. The molecule has 0 saturated heterocycles. The minimum Gasteiger partial charge on any atom is -0.460 e. The first kappa shape index (κ1) is 15.4.